The maximum absolute atomic E-state index is 12.6. The number of aliphatic hydroxyl groups excluding tert-OH is 2. The molecule has 0 saturated heterocycles. The van der Waals surface area contributed by atoms with Crippen LogP contribution >= 0.6 is 7.82 Å². The molecule has 0 radical (unpaired) electrons. The zero-order chi connectivity index (χ0) is 31.3. The molecule has 0 aliphatic carbocycles. The van der Waals surface area contributed by atoms with Crippen LogP contribution in [0.1, 0.15) is 123 Å². The Morgan fingerprint density at radius 1 is 0.810 bits per heavy atom. The summed E-state index contributed by atoms with van der Waals surface area (Å²) in [6.45, 7) is 3.80. The average Bonchev–Trinajstić information content (AvgIpc) is 2.96. The van der Waals surface area contributed by atoms with Gasteiger partial charge in [0.05, 0.1) is 37.9 Å². The van der Waals surface area contributed by atoms with Crippen LogP contribution in [-0.2, 0) is 18.4 Å². The fraction of sp³-hybridized carbons (Fsp3) is 0.781. The van der Waals surface area contributed by atoms with Crippen molar-refractivity contribution >= 4 is 13.7 Å². The maximum atomic E-state index is 12.6. The van der Waals surface area contributed by atoms with E-state index >= 15 is 0 Å². The van der Waals surface area contributed by atoms with Crippen LogP contribution in [0.15, 0.2) is 36.5 Å². The third-order valence-corrected chi connectivity index (χ3v) is 7.72. The van der Waals surface area contributed by atoms with Crippen LogP contribution in [0.2, 0.25) is 0 Å². The normalized spacial score (nSPS) is 15.9. The van der Waals surface area contributed by atoms with Crippen molar-refractivity contribution < 1.29 is 33.5 Å². The molecular weight excluding hydrogens is 555 g/mol. The predicted octanol–water partition coefficient (Wildman–Crippen LogP) is 6.63. The first-order chi connectivity index (χ1) is 20.3. The van der Waals surface area contributed by atoms with E-state index in [2.05, 4.69) is 43.5 Å². The molecule has 0 aliphatic rings. The second-order valence-corrected chi connectivity index (χ2v) is 12.3. The van der Waals surface area contributed by atoms with Gasteiger partial charge in [-0.3, -0.25) is 13.8 Å². The molecule has 246 valence electrons. The Hall–Kier alpha value is -1.32. The molecular formula is C32H61N2O7P. The van der Waals surface area contributed by atoms with E-state index in [1.165, 1.54) is 44.6 Å². The van der Waals surface area contributed by atoms with Gasteiger partial charge in [-0.1, -0.05) is 115 Å². The van der Waals surface area contributed by atoms with E-state index in [4.69, 9.17) is 14.8 Å². The molecule has 0 aromatic carbocycles. The minimum absolute atomic E-state index is 0.0420. The summed E-state index contributed by atoms with van der Waals surface area (Å²) in [4.78, 5) is 22.5. The van der Waals surface area contributed by atoms with Gasteiger partial charge >= 0.3 is 7.82 Å². The van der Waals surface area contributed by atoms with Gasteiger partial charge in [-0.05, 0) is 38.5 Å². The lowest BCUT2D eigenvalue weighted by molar-refractivity contribution is -0.124. The van der Waals surface area contributed by atoms with Crippen LogP contribution in [0.4, 0.5) is 0 Å². The molecule has 1 amide bonds. The molecule has 0 fully saturated rings. The topological polar surface area (TPSA) is 151 Å². The number of hydrogen-bond acceptors (Lipinski definition) is 7. The van der Waals surface area contributed by atoms with Crippen LogP contribution in [0.25, 0.3) is 0 Å². The van der Waals surface area contributed by atoms with Gasteiger partial charge < -0.3 is 26.2 Å². The molecule has 0 heterocycles. The van der Waals surface area contributed by atoms with E-state index in [-0.39, 0.29) is 19.6 Å². The molecule has 0 aromatic rings. The zero-order valence-corrected chi connectivity index (χ0v) is 27.2. The highest BCUT2D eigenvalue weighted by atomic mass is 31.2. The predicted molar refractivity (Wildman–Crippen MR) is 172 cm³/mol. The van der Waals surface area contributed by atoms with Crippen LogP contribution in [0, 0.1) is 0 Å². The molecule has 0 rings (SSSR count). The first-order valence-electron chi connectivity index (χ1n) is 16.2. The van der Waals surface area contributed by atoms with Crippen molar-refractivity contribution in [2.45, 2.75) is 141 Å². The second-order valence-electron chi connectivity index (χ2n) is 10.8. The lowest BCUT2D eigenvalue weighted by atomic mass is 10.0. The van der Waals surface area contributed by atoms with Crippen molar-refractivity contribution in [3.63, 3.8) is 0 Å². The number of carbonyl (C=O) groups is 1. The Morgan fingerprint density at radius 3 is 1.93 bits per heavy atom. The standard InChI is InChI=1S/C32H61N2O7P/c1-3-5-7-9-11-13-14-16-18-20-22-24-31(36)30(28-41-42(38,39)40-26-25-33)34-32(37)27-29(35)23-21-19-17-15-12-10-8-6-4-2/h7,9,14,16,22,24,29-31,35-36H,3-6,8,10-13,15,17-21,23,25-28,33H2,1-2H3,(H,34,37)(H,38,39)/b9-7+,16-14+,24-22+. The third-order valence-electron chi connectivity index (χ3n) is 6.73. The Labute approximate surface area is 255 Å². The fourth-order valence-corrected chi connectivity index (χ4v) is 5.03. The van der Waals surface area contributed by atoms with Crippen molar-refractivity contribution in [2.75, 3.05) is 19.8 Å². The number of unbranched alkanes of at least 4 members (excludes halogenated alkanes) is 11. The molecule has 4 unspecified atom stereocenters. The lowest BCUT2D eigenvalue weighted by Crippen LogP contribution is -2.46. The largest absolute Gasteiger partial charge is 0.472 e. The van der Waals surface area contributed by atoms with Crippen LogP contribution in [-0.4, -0.2) is 59.0 Å². The van der Waals surface area contributed by atoms with E-state index in [1.54, 1.807) is 6.08 Å². The Kier molecular flexibility index (Phi) is 27.6. The molecule has 0 spiro atoms. The maximum Gasteiger partial charge on any atom is 0.472 e. The number of hydrogen-bond donors (Lipinski definition) is 5. The lowest BCUT2D eigenvalue weighted by Gasteiger charge is -2.24. The summed E-state index contributed by atoms with van der Waals surface area (Å²) in [5.41, 5.74) is 5.31. The number of rotatable bonds is 29. The van der Waals surface area contributed by atoms with E-state index in [9.17, 15) is 24.5 Å². The number of carbonyl (C=O) groups excluding carboxylic acids is 1. The van der Waals surface area contributed by atoms with Crippen molar-refractivity contribution in [3.8, 4) is 0 Å². The van der Waals surface area contributed by atoms with Crippen LogP contribution in [0.3, 0.4) is 0 Å². The Balaban J connectivity index is 4.65. The van der Waals surface area contributed by atoms with E-state index in [0.29, 0.717) is 12.8 Å². The summed E-state index contributed by atoms with van der Waals surface area (Å²) in [6, 6.07) is -0.999. The Bertz CT molecular complexity index is 776. The van der Waals surface area contributed by atoms with Gasteiger partial charge in [-0.2, -0.15) is 0 Å². The molecule has 10 heteroatoms. The van der Waals surface area contributed by atoms with Crippen molar-refractivity contribution in [3.05, 3.63) is 36.5 Å². The summed E-state index contributed by atoms with van der Waals surface area (Å²) < 4.78 is 21.8. The first-order valence-corrected chi connectivity index (χ1v) is 17.7. The minimum atomic E-state index is -4.39. The van der Waals surface area contributed by atoms with E-state index in [1.807, 2.05) is 0 Å². The van der Waals surface area contributed by atoms with Crippen molar-refractivity contribution in [1.82, 2.24) is 5.32 Å². The zero-order valence-electron chi connectivity index (χ0n) is 26.3. The van der Waals surface area contributed by atoms with Crippen molar-refractivity contribution in [2.24, 2.45) is 5.73 Å². The summed E-state index contributed by atoms with van der Waals surface area (Å²) in [5.74, 6) is -0.467. The highest BCUT2D eigenvalue weighted by Crippen LogP contribution is 2.43. The summed E-state index contributed by atoms with van der Waals surface area (Å²) in [7, 11) is -4.39. The molecule has 9 nitrogen and oxygen atoms in total. The van der Waals surface area contributed by atoms with E-state index in [0.717, 1.165) is 51.4 Å². The molecule has 42 heavy (non-hydrogen) atoms. The number of phosphoric acid groups is 1. The molecule has 4 atom stereocenters. The number of phosphoric ester groups is 1. The van der Waals surface area contributed by atoms with Gasteiger partial charge in [0.2, 0.25) is 5.91 Å². The van der Waals surface area contributed by atoms with Gasteiger partial charge in [0, 0.05) is 6.54 Å². The van der Waals surface area contributed by atoms with Gasteiger partial charge in [0.15, 0.2) is 0 Å². The van der Waals surface area contributed by atoms with Crippen LogP contribution < -0.4 is 11.1 Å². The van der Waals surface area contributed by atoms with E-state index < -0.39 is 38.6 Å². The summed E-state index contributed by atoms with van der Waals surface area (Å²) in [6.07, 6.45) is 26.7. The smallest absolute Gasteiger partial charge is 0.393 e. The highest BCUT2D eigenvalue weighted by molar-refractivity contribution is 7.47. The number of nitrogens with one attached hydrogen (secondary N) is 1. The van der Waals surface area contributed by atoms with Crippen LogP contribution in [0.5, 0.6) is 0 Å². The fourth-order valence-electron chi connectivity index (χ4n) is 4.27. The summed E-state index contributed by atoms with van der Waals surface area (Å²) >= 11 is 0. The molecule has 0 aromatic heterocycles. The average molecular weight is 617 g/mol. The van der Waals surface area contributed by atoms with Crippen molar-refractivity contribution in [1.29, 1.82) is 0 Å². The molecule has 0 bridgehead atoms. The highest BCUT2D eigenvalue weighted by Gasteiger charge is 2.27. The molecule has 0 saturated carbocycles. The number of amides is 1. The first kappa shape index (κ1) is 40.7. The second kappa shape index (κ2) is 28.5. The monoisotopic (exact) mass is 616 g/mol. The van der Waals surface area contributed by atoms with Gasteiger partial charge in [0.25, 0.3) is 0 Å². The quantitative estimate of drug-likeness (QED) is 0.0357. The third kappa shape index (κ3) is 26.3. The number of allylic oxidation sites excluding steroid dienone is 5. The molecule has 0 aliphatic heterocycles. The SMILES string of the molecule is CCC/C=C/CC/C=C/CC/C=C/C(O)C(COP(=O)(O)OCCN)NC(=O)CC(O)CCCCCCCCCCC. The van der Waals surface area contributed by atoms with Gasteiger partial charge in [-0.25, -0.2) is 4.57 Å². The molecule has 6 N–H and O–H groups in total. The van der Waals surface area contributed by atoms with Gasteiger partial charge in [-0.15, -0.1) is 0 Å². The minimum Gasteiger partial charge on any atom is -0.393 e. The van der Waals surface area contributed by atoms with Gasteiger partial charge in [0.1, 0.15) is 0 Å². The number of aliphatic hydroxyl groups is 2. The Morgan fingerprint density at radius 2 is 1.36 bits per heavy atom. The summed E-state index contributed by atoms with van der Waals surface area (Å²) in [5, 5.41) is 23.7. The number of nitrogens with two attached hydrogens (primary N) is 1.